The summed E-state index contributed by atoms with van der Waals surface area (Å²) in [5.41, 5.74) is 4.17. The molecule has 2 saturated heterocycles. The van der Waals surface area contributed by atoms with Crippen molar-refractivity contribution >= 4 is 17.6 Å². The van der Waals surface area contributed by atoms with Crippen LogP contribution >= 0.6 is 0 Å². The van der Waals surface area contributed by atoms with Crippen molar-refractivity contribution in [3.63, 3.8) is 0 Å². The minimum Gasteiger partial charge on any atom is -0.465 e. The second-order valence-electron chi connectivity index (χ2n) is 11.1. The van der Waals surface area contributed by atoms with Gasteiger partial charge in [0.25, 0.3) is 5.91 Å². The van der Waals surface area contributed by atoms with E-state index in [0.29, 0.717) is 25.4 Å². The number of carbonyl (C=O) groups excluding carboxylic acids is 2. The van der Waals surface area contributed by atoms with E-state index >= 15 is 0 Å². The van der Waals surface area contributed by atoms with Gasteiger partial charge in [-0.1, -0.05) is 49.0 Å². The summed E-state index contributed by atoms with van der Waals surface area (Å²) in [6, 6.07) is 19.6. The summed E-state index contributed by atoms with van der Waals surface area (Å²) in [7, 11) is 0. The number of piperidine rings is 1. The van der Waals surface area contributed by atoms with Crippen LogP contribution in [-0.2, 0) is 16.1 Å². The van der Waals surface area contributed by atoms with E-state index in [9.17, 15) is 14.0 Å². The number of nitrogens with zero attached hydrogens (tertiary/aromatic N) is 4. The molecule has 8 nitrogen and oxygen atoms in total. The predicted octanol–water partition coefficient (Wildman–Crippen LogP) is 4.51. The topological polar surface area (TPSA) is 78.0 Å². The number of aromatic nitrogens is 1. The number of halogens is 1. The Morgan fingerprint density at radius 1 is 0.977 bits per heavy atom. The fraction of sp³-hybridized carbons (Fsp3) is 0.382. The van der Waals surface area contributed by atoms with Crippen molar-refractivity contribution in [2.24, 2.45) is 0 Å². The Hall–Kier alpha value is -4.08. The van der Waals surface area contributed by atoms with Crippen molar-refractivity contribution in [3.05, 3.63) is 108 Å². The summed E-state index contributed by atoms with van der Waals surface area (Å²) in [6.07, 6.45) is 3.18. The van der Waals surface area contributed by atoms with E-state index in [2.05, 4.69) is 31.6 Å². The van der Waals surface area contributed by atoms with Crippen molar-refractivity contribution in [3.8, 4) is 0 Å². The quantitative estimate of drug-likeness (QED) is 0.351. The van der Waals surface area contributed by atoms with Gasteiger partial charge in [-0.3, -0.25) is 19.6 Å². The number of piperazine rings is 1. The molecular weight excluding hydrogens is 545 g/mol. The number of hydrogen-bond acceptors (Lipinski definition) is 7. The van der Waals surface area contributed by atoms with Crippen molar-refractivity contribution in [1.29, 1.82) is 0 Å². The number of ether oxygens (including phenoxy) is 1. The molecule has 3 aromatic rings. The monoisotopic (exact) mass is 585 g/mol. The van der Waals surface area contributed by atoms with Crippen LogP contribution < -0.4 is 5.32 Å². The molecule has 2 aliphatic heterocycles. The molecule has 226 valence electrons. The highest BCUT2D eigenvalue weighted by Gasteiger charge is 2.32. The zero-order valence-electron chi connectivity index (χ0n) is 24.8. The minimum absolute atomic E-state index is 0.00464. The Bertz CT molecular complexity index is 1370. The molecule has 1 amide bonds. The van der Waals surface area contributed by atoms with Crippen LogP contribution in [0.4, 0.5) is 4.39 Å². The van der Waals surface area contributed by atoms with E-state index in [1.165, 1.54) is 12.1 Å². The summed E-state index contributed by atoms with van der Waals surface area (Å²) in [5, 5.41) is 3.13. The number of esters is 1. The standard InChI is InChI=1S/C34H40FN5O3/c1-3-43-34(42)32(27-7-5-4-6-8-27)40-17-15-30(16-18-40)37-33(41)31-14-11-28(23-36-31)25(2)39-21-19-38(20-22-39)24-26-9-12-29(35)13-10-26/h4-14,23,30,32H,2-3,15-22,24H2,1H3,(H,37,41). The number of pyridine rings is 1. The molecule has 0 radical (unpaired) electrons. The summed E-state index contributed by atoms with van der Waals surface area (Å²) in [6.45, 7) is 12.0. The van der Waals surface area contributed by atoms with E-state index in [0.717, 1.165) is 68.0 Å². The Kier molecular flexibility index (Phi) is 10.2. The van der Waals surface area contributed by atoms with E-state index < -0.39 is 6.04 Å². The lowest BCUT2D eigenvalue weighted by Crippen LogP contribution is -2.47. The van der Waals surface area contributed by atoms with Crippen LogP contribution in [0.3, 0.4) is 0 Å². The molecule has 3 heterocycles. The summed E-state index contributed by atoms with van der Waals surface area (Å²) in [5.74, 6) is -0.656. The Morgan fingerprint density at radius 2 is 1.67 bits per heavy atom. The zero-order valence-corrected chi connectivity index (χ0v) is 24.8. The van der Waals surface area contributed by atoms with Gasteiger partial charge < -0.3 is 15.0 Å². The van der Waals surface area contributed by atoms with Gasteiger partial charge in [0.1, 0.15) is 17.6 Å². The summed E-state index contributed by atoms with van der Waals surface area (Å²) < 4.78 is 18.6. The van der Waals surface area contributed by atoms with E-state index in [-0.39, 0.29) is 23.7 Å². The number of nitrogens with one attached hydrogen (secondary N) is 1. The van der Waals surface area contributed by atoms with E-state index in [4.69, 9.17) is 4.74 Å². The highest BCUT2D eigenvalue weighted by Crippen LogP contribution is 2.26. The lowest BCUT2D eigenvalue weighted by molar-refractivity contribution is -0.150. The highest BCUT2D eigenvalue weighted by molar-refractivity contribution is 5.92. The fourth-order valence-electron chi connectivity index (χ4n) is 5.82. The smallest absolute Gasteiger partial charge is 0.327 e. The number of benzene rings is 2. The van der Waals surface area contributed by atoms with E-state index in [1.54, 1.807) is 12.3 Å². The fourth-order valence-corrected chi connectivity index (χ4v) is 5.82. The third kappa shape index (κ3) is 7.86. The third-order valence-corrected chi connectivity index (χ3v) is 8.26. The van der Waals surface area contributed by atoms with Gasteiger partial charge in [-0.25, -0.2) is 9.18 Å². The number of amides is 1. The van der Waals surface area contributed by atoms with Gasteiger partial charge in [0.15, 0.2) is 0 Å². The number of likely N-dealkylation sites (tertiary alicyclic amines) is 1. The first-order chi connectivity index (χ1) is 20.9. The Balaban J connectivity index is 1.09. The second-order valence-corrected chi connectivity index (χ2v) is 11.1. The SMILES string of the molecule is C=C(c1ccc(C(=O)NC2CCN(C(C(=O)OCC)c3ccccc3)CC2)nc1)N1CCN(Cc2ccc(F)cc2)CC1. The summed E-state index contributed by atoms with van der Waals surface area (Å²) >= 11 is 0. The second kappa shape index (κ2) is 14.4. The highest BCUT2D eigenvalue weighted by atomic mass is 19.1. The molecule has 1 atom stereocenters. The molecular formula is C34H40FN5O3. The largest absolute Gasteiger partial charge is 0.465 e. The molecule has 9 heteroatoms. The molecule has 1 unspecified atom stereocenters. The minimum atomic E-state index is -0.446. The van der Waals surface area contributed by atoms with Gasteiger partial charge in [0, 0.05) is 69.3 Å². The lowest BCUT2D eigenvalue weighted by atomic mass is 9.99. The van der Waals surface area contributed by atoms with Crippen molar-refractivity contribution in [2.45, 2.75) is 38.4 Å². The zero-order chi connectivity index (χ0) is 30.2. The third-order valence-electron chi connectivity index (χ3n) is 8.26. The Morgan fingerprint density at radius 3 is 2.30 bits per heavy atom. The molecule has 1 aromatic heterocycles. The average molecular weight is 586 g/mol. The molecule has 0 bridgehead atoms. The van der Waals surface area contributed by atoms with Crippen LogP contribution in [0.2, 0.25) is 0 Å². The van der Waals surface area contributed by atoms with Crippen LogP contribution in [0.25, 0.3) is 5.70 Å². The van der Waals surface area contributed by atoms with Crippen molar-refractivity contribution in [1.82, 2.24) is 25.0 Å². The van der Waals surface area contributed by atoms with Crippen molar-refractivity contribution < 1.29 is 18.7 Å². The number of carbonyl (C=O) groups is 2. The maximum atomic E-state index is 13.2. The predicted molar refractivity (Wildman–Crippen MR) is 164 cm³/mol. The van der Waals surface area contributed by atoms with Crippen LogP contribution in [0.15, 0.2) is 79.5 Å². The van der Waals surface area contributed by atoms with Crippen LogP contribution in [0.1, 0.15) is 53.0 Å². The van der Waals surface area contributed by atoms with Crippen molar-refractivity contribution in [2.75, 3.05) is 45.9 Å². The molecule has 1 N–H and O–H groups in total. The molecule has 5 rings (SSSR count). The molecule has 0 aliphatic carbocycles. The first-order valence-corrected chi connectivity index (χ1v) is 15.0. The van der Waals surface area contributed by atoms with Crippen LogP contribution in [0.5, 0.6) is 0 Å². The molecule has 2 fully saturated rings. The first kappa shape index (κ1) is 30.4. The van der Waals surface area contributed by atoms with Gasteiger partial charge >= 0.3 is 5.97 Å². The molecule has 43 heavy (non-hydrogen) atoms. The lowest BCUT2D eigenvalue weighted by Gasteiger charge is -2.37. The van der Waals surface area contributed by atoms with Gasteiger partial charge in [0.05, 0.1) is 6.61 Å². The average Bonchev–Trinajstić information content (AvgIpc) is 3.04. The molecule has 2 aliphatic rings. The molecule has 0 saturated carbocycles. The number of hydrogen-bond donors (Lipinski definition) is 1. The molecule has 2 aromatic carbocycles. The maximum Gasteiger partial charge on any atom is 0.327 e. The van der Waals surface area contributed by atoms with Gasteiger partial charge in [-0.2, -0.15) is 0 Å². The number of rotatable bonds is 10. The summed E-state index contributed by atoms with van der Waals surface area (Å²) in [4.78, 5) is 37.0. The Labute approximate surface area is 253 Å². The normalized spacial score (nSPS) is 17.3. The maximum absolute atomic E-state index is 13.2. The van der Waals surface area contributed by atoms with Crippen LogP contribution in [-0.4, -0.2) is 83.5 Å². The van der Waals surface area contributed by atoms with Crippen LogP contribution in [0, 0.1) is 5.82 Å². The van der Waals surface area contributed by atoms with E-state index in [1.807, 2.05) is 55.5 Å². The van der Waals surface area contributed by atoms with Gasteiger partial charge in [-0.15, -0.1) is 0 Å². The van der Waals surface area contributed by atoms with Gasteiger partial charge in [0.2, 0.25) is 0 Å². The van der Waals surface area contributed by atoms with Gasteiger partial charge in [-0.05, 0) is 55.2 Å². The first-order valence-electron chi connectivity index (χ1n) is 15.0. The molecule has 0 spiro atoms.